The summed E-state index contributed by atoms with van der Waals surface area (Å²) in [4.78, 5) is 14.1. The van der Waals surface area contributed by atoms with E-state index >= 15 is 0 Å². The van der Waals surface area contributed by atoms with E-state index in [4.69, 9.17) is 0 Å². The highest BCUT2D eigenvalue weighted by molar-refractivity contribution is 6.04. The minimum Gasteiger partial charge on any atom is -0.354 e. The third kappa shape index (κ3) is 2.68. The van der Waals surface area contributed by atoms with Gasteiger partial charge in [-0.1, -0.05) is 42.5 Å². The van der Waals surface area contributed by atoms with Crippen LogP contribution in [0.25, 0.3) is 33.3 Å². The number of non-ortho nitro benzene ring substituents is 1. The van der Waals surface area contributed by atoms with Gasteiger partial charge in [-0.15, -0.1) is 0 Å². The average Bonchev–Trinajstić information content (AvgIpc) is 3.01. The number of nitrogens with zero attached hydrogens (tertiary/aromatic N) is 1. The average molecular weight is 328 g/mol. The van der Waals surface area contributed by atoms with Crippen molar-refractivity contribution < 1.29 is 4.92 Å². The SMILES string of the molecule is Cc1ccc2c(-c3ccc([N+](=O)[O-])cc3)c(-c3ccccc3)[nH]c2c1. The van der Waals surface area contributed by atoms with Gasteiger partial charge in [-0.3, -0.25) is 10.1 Å². The molecule has 0 bridgehead atoms. The van der Waals surface area contributed by atoms with E-state index in [1.165, 1.54) is 5.56 Å². The number of nitro benzene ring substituents is 1. The molecule has 0 aliphatic rings. The summed E-state index contributed by atoms with van der Waals surface area (Å²) >= 11 is 0. The number of hydrogen-bond acceptors (Lipinski definition) is 2. The highest BCUT2D eigenvalue weighted by Gasteiger charge is 2.16. The van der Waals surface area contributed by atoms with Gasteiger partial charge in [-0.05, 0) is 41.8 Å². The van der Waals surface area contributed by atoms with E-state index in [0.717, 1.165) is 33.3 Å². The minimum atomic E-state index is -0.375. The van der Waals surface area contributed by atoms with Crippen LogP contribution in [0.3, 0.4) is 0 Å². The monoisotopic (exact) mass is 328 g/mol. The van der Waals surface area contributed by atoms with Gasteiger partial charge in [0, 0.05) is 28.6 Å². The molecule has 0 radical (unpaired) electrons. The molecule has 1 heterocycles. The standard InChI is InChI=1S/C21H16N2O2/c1-14-7-12-18-19(13-14)22-21(16-5-3-2-4-6-16)20(18)15-8-10-17(11-9-15)23(24)25/h2-13,22H,1H3. The van der Waals surface area contributed by atoms with Crippen LogP contribution in [-0.4, -0.2) is 9.91 Å². The molecule has 0 atom stereocenters. The van der Waals surface area contributed by atoms with E-state index in [1.807, 2.05) is 30.3 Å². The van der Waals surface area contributed by atoms with Gasteiger partial charge >= 0.3 is 0 Å². The Balaban J connectivity index is 1.99. The van der Waals surface area contributed by atoms with E-state index in [0.29, 0.717) is 0 Å². The van der Waals surface area contributed by atoms with Crippen molar-refractivity contribution in [3.63, 3.8) is 0 Å². The summed E-state index contributed by atoms with van der Waals surface area (Å²) < 4.78 is 0. The molecular formula is C21H16N2O2. The summed E-state index contributed by atoms with van der Waals surface area (Å²) in [5, 5.41) is 12.0. The zero-order chi connectivity index (χ0) is 17.4. The Hall–Kier alpha value is -3.40. The van der Waals surface area contributed by atoms with Crippen molar-refractivity contribution in [2.24, 2.45) is 0 Å². The zero-order valence-electron chi connectivity index (χ0n) is 13.7. The van der Waals surface area contributed by atoms with E-state index < -0.39 is 0 Å². The predicted octanol–water partition coefficient (Wildman–Crippen LogP) is 5.72. The van der Waals surface area contributed by atoms with Crippen molar-refractivity contribution >= 4 is 16.6 Å². The maximum atomic E-state index is 10.9. The number of nitrogens with one attached hydrogen (secondary N) is 1. The van der Waals surface area contributed by atoms with Crippen molar-refractivity contribution in [3.8, 4) is 22.4 Å². The first-order valence-corrected chi connectivity index (χ1v) is 8.06. The molecule has 0 fully saturated rings. The Morgan fingerprint density at radius 2 is 1.60 bits per heavy atom. The first-order chi connectivity index (χ1) is 12.1. The van der Waals surface area contributed by atoms with Gasteiger partial charge in [-0.25, -0.2) is 0 Å². The summed E-state index contributed by atoms with van der Waals surface area (Å²) in [6.07, 6.45) is 0. The van der Waals surface area contributed by atoms with E-state index in [1.54, 1.807) is 12.1 Å². The van der Waals surface area contributed by atoms with Gasteiger partial charge in [0.2, 0.25) is 0 Å². The molecule has 0 saturated heterocycles. The molecular weight excluding hydrogens is 312 g/mol. The van der Waals surface area contributed by atoms with E-state index in [9.17, 15) is 10.1 Å². The number of rotatable bonds is 3. The number of fused-ring (bicyclic) bond motifs is 1. The zero-order valence-corrected chi connectivity index (χ0v) is 13.7. The predicted molar refractivity (Wildman–Crippen MR) is 101 cm³/mol. The molecule has 25 heavy (non-hydrogen) atoms. The van der Waals surface area contributed by atoms with Crippen LogP contribution in [0.1, 0.15) is 5.56 Å². The number of benzene rings is 3. The summed E-state index contributed by atoms with van der Waals surface area (Å²) in [7, 11) is 0. The molecule has 4 heteroatoms. The van der Waals surface area contributed by atoms with Crippen LogP contribution in [-0.2, 0) is 0 Å². The Morgan fingerprint density at radius 1 is 0.880 bits per heavy atom. The largest absolute Gasteiger partial charge is 0.354 e. The fraction of sp³-hybridized carbons (Fsp3) is 0.0476. The van der Waals surface area contributed by atoms with Crippen molar-refractivity contribution in [3.05, 3.63) is 88.5 Å². The van der Waals surface area contributed by atoms with Crippen molar-refractivity contribution in [1.29, 1.82) is 0 Å². The van der Waals surface area contributed by atoms with Gasteiger partial charge in [-0.2, -0.15) is 0 Å². The Labute approximate surface area is 144 Å². The van der Waals surface area contributed by atoms with E-state index in [-0.39, 0.29) is 10.6 Å². The summed E-state index contributed by atoms with van der Waals surface area (Å²) in [6.45, 7) is 2.06. The number of aromatic nitrogens is 1. The van der Waals surface area contributed by atoms with Gasteiger partial charge < -0.3 is 4.98 Å². The lowest BCUT2D eigenvalue weighted by atomic mass is 9.98. The molecule has 3 aromatic carbocycles. The van der Waals surface area contributed by atoms with E-state index in [2.05, 4.69) is 42.2 Å². The second-order valence-corrected chi connectivity index (χ2v) is 6.09. The highest BCUT2D eigenvalue weighted by atomic mass is 16.6. The molecule has 0 saturated carbocycles. The Morgan fingerprint density at radius 3 is 2.28 bits per heavy atom. The van der Waals surface area contributed by atoms with Crippen LogP contribution in [0.2, 0.25) is 0 Å². The quantitative estimate of drug-likeness (QED) is 0.386. The molecule has 4 nitrogen and oxygen atoms in total. The minimum absolute atomic E-state index is 0.0979. The second kappa shape index (κ2) is 5.91. The number of H-pyrrole nitrogens is 1. The molecule has 0 aliphatic carbocycles. The van der Waals surface area contributed by atoms with Crippen LogP contribution in [0.5, 0.6) is 0 Å². The summed E-state index contributed by atoms with van der Waals surface area (Å²) in [6, 6.07) is 23.2. The lowest BCUT2D eigenvalue weighted by molar-refractivity contribution is -0.384. The first kappa shape index (κ1) is 15.1. The Bertz CT molecular complexity index is 1060. The molecule has 4 rings (SSSR count). The third-order valence-corrected chi connectivity index (χ3v) is 4.38. The fourth-order valence-electron chi connectivity index (χ4n) is 3.18. The molecule has 0 spiro atoms. The van der Waals surface area contributed by atoms with Crippen LogP contribution in [0.15, 0.2) is 72.8 Å². The lowest BCUT2D eigenvalue weighted by Gasteiger charge is -2.06. The van der Waals surface area contributed by atoms with Crippen LogP contribution < -0.4 is 0 Å². The van der Waals surface area contributed by atoms with Gasteiger partial charge in [0.05, 0.1) is 10.6 Å². The third-order valence-electron chi connectivity index (χ3n) is 4.38. The van der Waals surface area contributed by atoms with Crippen molar-refractivity contribution in [2.45, 2.75) is 6.92 Å². The van der Waals surface area contributed by atoms with Gasteiger partial charge in [0.15, 0.2) is 0 Å². The maximum Gasteiger partial charge on any atom is 0.269 e. The van der Waals surface area contributed by atoms with Gasteiger partial charge in [0.25, 0.3) is 5.69 Å². The van der Waals surface area contributed by atoms with Gasteiger partial charge in [0.1, 0.15) is 0 Å². The van der Waals surface area contributed by atoms with Crippen LogP contribution in [0.4, 0.5) is 5.69 Å². The molecule has 0 amide bonds. The number of hydrogen-bond donors (Lipinski definition) is 1. The maximum absolute atomic E-state index is 10.9. The van der Waals surface area contributed by atoms with Crippen LogP contribution in [0, 0.1) is 17.0 Å². The topological polar surface area (TPSA) is 58.9 Å². The van der Waals surface area contributed by atoms with Crippen LogP contribution >= 0.6 is 0 Å². The second-order valence-electron chi connectivity index (χ2n) is 6.09. The van der Waals surface area contributed by atoms with Crippen molar-refractivity contribution in [1.82, 2.24) is 4.98 Å². The molecule has 4 aromatic rings. The number of aryl methyl sites for hydroxylation is 1. The fourth-order valence-corrected chi connectivity index (χ4v) is 3.18. The number of aromatic amines is 1. The van der Waals surface area contributed by atoms with Crippen molar-refractivity contribution in [2.75, 3.05) is 0 Å². The smallest absolute Gasteiger partial charge is 0.269 e. The lowest BCUT2D eigenvalue weighted by Crippen LogP contribution is -1.88. The highest BCUT2D eigenvalue weighted by Crippen LogP contribution is 2.38. The molecule has 0 aliphatic heterocycles. The molecule has 122 valence electrons. The summed E-state index contributed by atoms with van der Waals surface area (Å²) in [5.74, 6) is 0. The first-order valence-electron chi connectivity index (χ1n) is 8.06. The Kier molecular flexibility index (Phi) is 3.58. The molecule has 1 aromatic heterocycles. The molecule has 1 N–H and O–H groups in total. The normalized spacial score (nSPS) is 10.9. The molecule has 0 unspecified atom stereocenters. The number of nitro groups is 1. The summed E-state index contributed by atoms with van der Waals surface area (Å²) in [5.41, 5.74) is 6.48.